The fraction of sp³-hybridized carbons (Fsp3) is 0. The van der Waals surface area contributed by atoms with Crippen LogP contribution in [0.1, 0.15) is 0 Å². The maximum absolute atomic E-state index is 7.50. The van der Waals surface area contributed by atoms with Gasteiger partial charge in [-0.05, 0) is 0 Å². The van der Waals surface area contributed by atoms with E-state index in [2.05, 4.69) is 5.59 Å². The van der Waals surface area contributed by atoms with Gasteiger partial charge in [-0.15, -0.1) is 12.4 Å². The van der Waals surface area contributed by atoms with Crippen molar-refractivity contribution in [1.29, 1.82) is 5.59 Å². The molecule has 0 fully saturated rings. The van der Waals surface area contributed by atoms with Gasteiger partial charge in [0, 0.05) is 0 Å². The zero-order chi connectivity index (χ0) is 2.00. The van der Waals surface area contributed by atoms with E-state index in [4.69, 9.17) is 4.91 Å². The first-order valence-electron chi connectivity index (χ1n) is 0.204. The molecule has 0 amide bonds. The second-order valence-electron chi connectivity index (χ2n) is 0. The molecule has 0 aliphatic carbocycles. The first-order chi connectivity index (χ1) is 1.00. The van der Waals surface area contributed by atoms with Crippen molar-refractivity contribution in [2.75, 3.05) is 0 Å². The average molecular weight is 91.5 g/mol. The molecule has 0 aromatic heterocycles. The van der Waals surface area contributed by atoms with Gasteiger partial charge >= 0.3 is 29.6 Å². The monoisotopic (exact) mass is 91.0 g/mol. The van der Waals surface area contributed by atoms with Crippen LogP contribution in [0.5, 0.6) is 0 Å². The van der Waals surface area contributed by atoms with E-state index >= 15 is 0 Å². The topological polar surface area (TPSA) is 40.9 Å². The number of nitrogens with one attached hydrogen (secondary N) is 1. The molecule has 22 valence electrons. The maximum atomic E-state index is 7.50. The molecule has 0 aliphatic heterocycles. The van der Waals surface area contributed by atoms with Crippen LogP contribution in [0.4, 0.5) is 0 Å². The second kappa shape index (κ2) is 41.0. The molecular weight excluding hydrogens is 88.4 g/mol. The van der Waals surface area contributed by atoms with E-state index in [1.807, 2.05) is 0 Å². The van der Waals surface area contributed by atoms with Gasteiger partial charge in [0.1, 0.15) is 0 Å². The van der Waals surface area contributed by atoms with Gasteiger partial charge < -0.3 is 0 Å². The molecule has 4 heavy (non-hydrogen) atoms. The molecule has 0 unspecified atom stereocenters. The minimum atomic E-state index is 0. The Bertz CT molecular complexity index is 8.00. The van der Waals surface area contributed by atoms with E-state index in [0.717, 1.165) is 0 Å². The number of rotatable bonds is 0. The summed E-state index contributed by atoms with van der Waals surface area (Å²) in [4.78, 5) is 7.50. The molecule has 0 bridgehead atoms. The summed E-state index contributed by atoms with van der Waals surface area (Å²) in [6.07, 6.45) is 0. The van der Waals surface area contributed by atoms with Crippen LogP contribution in [0.15, 0.2) is 0 Å². The molecule has 0 spiro atoms. The molecule has 0 atom stereocenters. The van der Waals surface area contributed by atoms with Gasteiger partial charge in [-0.1, -0.05) is 5.59 Å². The Morgan fingerprint density at radius 3 is 1.25 bits per heavy atom. The van der Waals surface area contributed by atoms with Gasteiger partial charge in [-0.3, -0.25) is 0 Å². The Hall–Kier alpha value is 0.890. The summed E-state index contributed by atoms with van der Waals surface area (Å²) in [6.45, 7) is 0. The average Bonchev–Trinajstić information content (AvgIpc) is 1.00. The first-order valence-corrected chi connectivity index (χ1v) is 0.204. The number of halogens is 1. The van der Waals surface area contributed by atoms with Crippen LogP contribution in [0, 0.1) is 10.5 Å². The van der Waals surface area contributed by atoms with Crippen LogP contribution in [0.25, 0.3) is 0 Å². The van der Waals surface area contributed by atoms with Crippen molar-refractivity contribution in [2.45, 2.75) is 0 Å². The molecule has 2 nitrogen and oxygen atoms in total. The Balaban J connectivity index is -0.00000000500. The summed E-state index contributed by atoms with van der Waals surface area (Å²) < 4.78 is 0. The molecule has 0 saturated carbocycles. The van der Waals surface area contributed by atoms with E-state index in [0.29, 0.717) is 0 Å². The zero-order valence-corrected chi connectivity index (χ0v) is 2.13. The van der Waals surface area contributed by atoms with Gasteiger partial charge in [-0.25, -0.2) is 0 Å². The molecular formula is H3ClNNaO. The van der Waals surface area contributed by atoms with E-state index in [-0.39, 0.29) is 42.0 Å². The van der Waals surface area contributed by atoms with Crippen LogP contribution < -0.4 is 0 Å². The molecule has 0 aromatic rings. The molecule has 1 N–H and O–H groups in total. The van der Waals surface area contributed by atoms with E-state index in [1.165, 1.54) is 0 Å². The van der Waals surface area contributed by atoms with Crippen molar-refractivity contribution in [3.8, 4) is 0 Å². The predicted molar refractivity (Wildman–Crippen MR) is 20.5 cm³/mol. The van der Waals surface area contributed by atoms with Crippen molar-refractivity contribution >= 4 is 42.0 Å². The molecule has 0 heterocycles. The van der Waals surface area contributed by atoms with Crippen LogP contribution in [-0.2, 0) is 0 Å². The zero-order valence-electron chi connectivity index (χ0n) is 1.32. The summed E-state index contributed by atoms with van der Waals surface area (Å²) in [5.41, 5.74) is 4.50. The summed E-state index contributed by atoms with van der Waals surface area (Å²) >= 11 is 0. The van der Waals surface area contributed by atoms with Gasteiger partial charge in [-0.2, -0.15) is 4.91 Å². The van der Waals surface area contributed by atoms with E-state index in [9.17, 15) is 0 Å². The summed E-state index contributed by atoms with van der Waals surface area (Å²) in [6, 6.07) is 0. The summed E-state index contributed by atoms with van der Waals surface area (Å²) in [5, 5.41) is 0. The summed E-state index contributed by atoms with van der Waals surface area (Å²) in [7, 11) is 0. The Morgan fingerprint density at radius 1 is 1.25 bits per heavy atom. The van der Waals surface area contributed by atoms with E-state index < -0.39 is 0 Å². The van der Waals surface area contributed by atoms with Gasteiger partial charge in [0.2, 0.25) is 0 Å². The van der Waals surface area contributed by atoms with Gasteiger partial charge in [0.15, 0.2) is 0 Å². The van der Waals surface area contributed by atoms with Crippen molar-refractivity contribution < 1.29 is 0 Å². The molecule has 0 saturated heterocycles. The molecule has 4 heteroatoms. The normalized spacial score (nSPS) is 1.00. The molecule has 0 radical (unpaired) electrons. The van der Waals surface area contributed by atoms with Crippen LogP contribution in [-0.4, -0.2) is 29.6 Å². The number of hydrogen-bond donors (Lipinski definition) is 1. The van der Waals surface area contributed by atoms with Crippen molar-refractivity contribution in [3.05, 3.63) is 4.91 Å². The Kier molecular flexibility index (Phi) is 212. The fourth-order valence-corrected chi connectivity index (χ4v) is 0. The fourth-order valence-electron chi connectivity index (χ4n) is 0. The Morgan fingerprint density at radius 2 is 1.25 bits per heavy atom. The van der Waals surface area contributed by atoms with Gasteiger partial charge in [0.05, 0.1) is 0 Å². The second-order valence-corrected chi connectivity index (χ2v) is 0. The van der Waals surface area contributed by atoms with Crippen LogP contribution >= 0.6 is 12.4 Å². The third kappa shape index (κ3) is 13.0. The SMILES string of the molecule is Cl.N=O.[NaH]. The predicted octanol–water partition coefficient (Wildman–Crippen LogP) is 0.105. The number of hydrogen-bond acceptors (Lipinski definition) is 2. The quantitative estimate of drug-likeness (QED) is 0.334. The standard InChI is InChI=1S/ClH.HNO.Na.H/c;1-2;;/h1H;1H;;. The molecule has 0 aromatic carbocycles. The van der Waals surface area contributed by atoms with E-state index in [1.54, 1.807) is 0 Å². The van der Waals surface area contributed by atoms with Crippen LogP contribution in [0.3, 0.4) is 0 Å². The number of nitroso groups, excluding NO2 is 1. The van der Waals surface area contributed by atoms with Crippen molar-refractivity contribution in [1.82, 2.24) is 0 Å². The van der Waals surface area contributed by atoms with Crippen molar-refractivity contribution in [2.24, 2.45) is 0 Å². The van der Waals surface area contributed by atoms with Crippen LogP contribution in [0.2, 0.25) is 0 Å². The van der Waals surface area contributed by atoms with Crippen molar-refractivity contribution in [3.63, 3.8) is 0 Å². The third-order valence-corrected chi connectivity index (χ3v) is 0. The molecule has 0 aliphatic rings. The Labute approximate surface area is 52.4 Å². The third-order valence-electron chi connectivity index (χ3n) is 0. The van der Waals surface area contributed by atoms with Gasteiger partial charge in [0.25, 0.3) is 0 Å². The first kappa shape index (κ1) is 20.7. The minimum absolute atomic E-state index is 0. The molecule has 0 rings (SSSR count). The summed E-state index contributed by atoms with van der Waals surface area (Å²) in [5.74, 6) is 0.